The summed E-state index contributed by atoms with van der Waals surface area (Å²) in [5.41, 5.74) is -0.501. The molecule has 4 rings (SSSR count). The Labute approximate surface area is 189 Å². The van der Waals surface area contributed by atoms with Crippen LogP contribution in [0.5, 0.6) is 0 Å². The van der Waals surface area contributed by atoms with Crippen molar-refractivity contribution in [1.29, 1.82) is 0 Å². The van der Waals surface area contributed by atoms with Crippen LogP contribution < -0.4 is 0 Å². The number of fused-ring (bicyclic) bond motifs is 5. The second kappa shape index (κ2) is 7.96. The molecule has 0 saturated heterocycles. The van der Waals surface area contributed by atoms with E-state index in [1.807, 2.05) is 6.92 Å². The SMILES string of the molecule is CC(C)CCC[C@@H](C)[C@H]1CC[C@H]2[C@@H]3CC[C@@H]4CCC(O)(O)C(O)(O)[C@]4(C)[C@H]3CC[C@]12C. The van der Waals surface area contributed by atoms with Gasteiger partial charge in [-0.2, -0.15) is 0 Å². The fraction of sp³-hybridized carbons (Fsp3) is 1.00. The first-order chi connectivity index (χ1) is 14.4. The molecule has 8 atom stereocenters. The Morgan fingerprint density at radius 3 is 2.16 bits per heavy atom. The Morgan fingerprint density at radius 1 is 0.774 bits per heavy atom. The fourth-order valence-corrected chi connectivity index (χ4v) is 9.42. The van der Waals surface area contributed by atoms with Crippen LogP contribution in [0.15, 0.2) is 0 Å². The van der Waals surface area contributed by atoms with Crippen molar-refractivity contribution in [3.63, 3.8) is 0 Å². The Hall–Kier alpha value is -0.160. The van der Waals surface area contributed by atoms with E-state index in [2.05, 4.69) is 27.7 Å². The molecule has 180 valence electrons. The minimum absolute atomic E-state index is 0.0504. The summed E-state index contributed by atoms with van der Waals surface area (Å²) in [7, 11) is 0. The first-order valence-corrected chi connectivity index (χ1v) is 13.3. The van der Waals surface area contributed by atoms with Gasteiger partial charge in [-0.05, 0) is 91.8 Å². The molecule has 4 fully saturated rings. The minimum Gasteiger partial charge on any atom is -0.361 e. The van der Waals surface area contributed by atoms with Crippen molar-refractivity contribution in [2.24, 2.45) is 52.3 Å². The first-order valence-electron chi connectivity index (χ1n) is 13.3. The van der Waals surface area contributed by atoms with Crippen LogP contribution in [0.25, 0.3) is 0 Å². The molecule has 0 aromatic rings. The monoisotopic (exact) mass is 436 g/mol. The highest BCUT2D eigenvalue weighted by Gasteiger charge is 2.71. The average Bonchev–Trinajstić information content (AvgIpc) is 3.03. The lowest BCUT2D eigenvalue weighted by Crippen LogP contribution is -2.73. The molecule has 0 aliphatic heterocycles. The van der Waals surface area contributed by atoms with Crippen LogP contribution in [-0.2, 0) is 0 Å². The topological polar surface area (TPSA) is 80.9 Å². The highest BCUT2D eigenvalue weighted by molar-refractivity contribution is 5.15. The van der Waals surface area contributed by atoms with Gasteiger partial charge in [0.2, 0.25) is 11.6 Å². The summed E-state index contributed by atoms with van der Waals surface area (Å²) in [5.74, 6) is -1.13. The zero-order valence-corrected chi connectivity index (χ0v) is 20.6. The van der Waals surface area contributed by atoms with Crippen LogP contribution in [0, 0.1) is 52.3 Å². The number of hydrogen-bond acceptors (Lipinski definition) is 4. The lowest BCUT2D eigenvalue weighted by Gasteiger charge is -2.65. The third-order valence-corrected chi connectivity index (χ3v) is 11.3. The summed E-state index contributed by atoms with van der Waals surface area (Å²) in [4.78, 5) is 0. The van der Waals surface area contributed by atoms with Gasteiger partial charge in [-0.25, -0.2) is 0 Å². The Balaban J connectivity index is 1.55. The van der Waals surface area contributed by atoms with Crippen molar-refractivity contribution in [3.05, 3.63) is 0 Å². The molecule has 4 N–H and O–H groups in total. The molecule has 0 radical (unpaired) electrons. The summed E-state index contributed by atoms with van der Waals surface area (Å²) in [6.45, 7) is 11.6. The fourth-order valence-electron chi connectivity index (χ4n) is 9.42. The number of aliphatic hydroxyl groups is 4. The van der Waals surface area contributed by atoms with Crippen LogP contribution in [0.2, 0.25) is 0 Å². The molecule has 31 heavy (non-hydrogen) atoms. The highest BCUT2D eigenvalue weighted by Crippen LogP contribution is 2.70. The van der Waals surface area contributed by atoms with Crippen LogP contribution in [0.3, 0.4) is 0 Å². The van der Waals surface area contributed by atoms with E-state index in [4.69, 9.17) is 0 Å². The van der Waals surface area contributed by atoms with Gasteiger partial charge in [0.15, 0.2) is 0 Å². The van der Waals surface area contributed by atoms with Gasteiger partial charge in [-0.3, -0.25) is 0 Å². The summed E-state index contributed by atoms with van der Waals surface area (Å²) in [5, 5.41) is 43.3. The van der Waals surface area contributed by atoms with E-state index >= 15 is 0 Å². The molecule has 0 amide bonds. The van der Waals surface area contributed by atoms with Crippen molar-refractivity contribution in [3.8, 4) is 0 Å². The van der Waals surface area contributed by atoms with Crippen LogP contribution in [-0.4, -0.2) is 32.0 Å². The Kier molecular flexibility index (Phi) is 6.16. The van der Waals surface area contributed by atoms with Crippen molar-refractivity contribution in [2.75, 3.05) is 0 Å². The highest BCUT2D eigenvalue weighted by atomic mass is 16.6. The number of hydrogen-bond donors (Lipinski definition) is 4. The molecule has 4 nitrogen and oxygen atoms in total. The molecule has 0 unspecified atom stereocenters. The lowest BCUT2D eigenvalue weighted by atomic mass is 9.42. The molecule has 0 aromatic heterocycles. The molecule has 0 spiro atoms. The van der Waals surface area contributed by atoms with E-state index in [1.54, 1.807) is 0 Å². The quantitative estimate of drug-likeness (QED) is 0.453. The first kappa shape index (κ1) is 24.0. The maximum absolute atomic E-state index is 11.1. The van der Waals surface area contributed by atoms with Gasteiger partial charge < -0.3 is 20.4 Å². The summed E-state index contributed by atoms with van der Waals surface area (Å²) in [6.07, 6.45) is 11.5. The maximum atomic E-state index is 11.1. The predicted octanol–water partition coefficient (Wildman–Crippen LogP) is 5.08. The van der Waals surface area contributed by atoms with E-state index in [0.717, 1.165) is 37.0 Å². The number of rotatable bonds is 5. The summed E-state index contributed by atoms with van der Waals surface area (Å²) < 4.78 is 0. The molecule has 4 saturated carbocycles. The summed E-state index contributed by atoms with van der Waals surface area (Å²) in [6, 6.07) is 0. The van der Waals surface area contributed by atoms with E-state index in [-0.39, 0.29) is 18.3 Å². The lowest BCUT2D eigenvalue weighted by molar-refractivity contribution is -0.436. The van der Waals surface area contributed by atoms with E-state index < -0.39 is 17.0 Å². The predicted molar refractivity (Wildman–Crippen MR) is 123 cm³/mol. The van der Waals surface area contributed by atoms with Crippen molar-refractivity contribution >= 4 is 0 Å². The van der Waals surface area contributed by atoms with Gasteiger partial charge in [0.25, 0.3) is 0 Å². The van der Waals surface area contributed by atoms with Gasteiger partial charge in [0, 0.05) is 11.8 Å². The van der Waals surface area contributed by atoms with Crippen molar-refractivity contribution in [2.45, 2.75) is 117 Å². The minimum atomic E-state index is -2.44. The molecule has 0 aromatic carbocycles. The third kappa shape index (κ3) is 3.45. The zero-order valence-electron chi connectivity index (χ0n) is 20.6. The molecule has 0 heterocycles. The smallest absolute Gasteiger partial charge is 0.224 e. The van der Waals surface area contributed by atoms with Crippen LogP contribution >= 0.6 is 0 Å². The molecular formula is C27H48O4. The van der Waals surface area contributed by atoms with Gasteiger partial charge in [-0.15, -0.1) is 0 Å². The van der Waals surface area contributed by atoms with Crippen LogP contribution in [0.1, 0.15) is 105 Å². The van der Waals surface area contributed by atoms with Gasteiger partial charge in [-0.1, -0.05) is 53.9 Å². The zero-order chi connectivity index (χ0) is 22.8. The third-order valence-electron chi connectivity index (χ3n) is 11.3. The molecule has 4 aliphatic rings. The van der Waals surface area contributed by atoms with Crippen molar-refractivity contribution in [1.82, 2.24) is 0 Å². The van der Waals surface area contributed by atoms with E-state index in [0.29, 0.717) is 23.7 Å². The van der Waals surface area contributed by atoms with E-state index in [9.17, 15) is 20.4 Å². The van der Waals surface area contributed by atoms with Crippen molar-refractivity contribution < 1.29 is 20.4 Å². The molecule has 0 bridgehead atoms. The van der Waals surface area contributed by atoms with Gasteiger partial charge >= 0.3 is 0 Å². The standard InChI is InChI=1S/C27H48O4/c1-17(2)7-6-8-18(3)21-11-12-22-20-10-9-19-13-16-26(28,29)27(30,31)25(19,5)23(20)14-15-24(21,22)4/h17-23,28-31H,6-16H2,1-5H3/t18-,19-,20+,21-,22+,23+,24-,25+/m1/s1. The normalized spacial score (nSPS) is 46.8. The van der Waals surface area contributed by atoms with Gasteiger partial charge in [0.05, 0.1) is 0 Å². The van der Waals surface area contributed by atoms with Gasteiger partial charge in [0.1, 0.15) is 0 Å². The largest absolute Gasteiger partial charge is 0.361 e. The Morgan fingerprint density at radius 2 is 1.48 bits per heavy atom. The maximum Gasteiger partial charge on any atom is 0.224 e. The van der Waals surface area contributed by atoms with E-state index in [1.165, 1.54) is 38.5 Å². The molecule has 4 heteroatoms. The molecular weight excluding hydrogens is 388 g/mol. The Bertz CT molecular complexity index is 658. The summed E-state index contributed by atoms with van der Waals surface area (Å²) >= 11 is 0. The van der Waals surface area contributed by atoms with Crippen LogP contribution in [0.4, 0.5) is 0 Å². The molecule has 4 aliphatic carbocycles. The second-order valence-corrected chi connectivity index (χ2v) is 13.0. The second-order valence-electron chi connectivity index (χ2n) is 13.0. The average molecular weight is 437 g/mol.